The van der Waals surface area contributed by atoms with Crippen LogP contribution in [0.4, 0.5) is 10.1 Å². The van der Waals surface area contributed by atoms with Gasteiger partial charge < -0.3 is 19.1 Å². The lowest BCUT2D eigenvalue weighted by Gasteiger charge is -2.37. The van der Waals surface area contributed by atoms with Crippen molar-refractivity contribution in [1.29, 1.82) is 0 Å². The van der Waals surface area contributed by atoms with E-state index in [0.29, 0.717) is 39.3 Å². The summed E-state index contributed by atoms with van der Waals surface area (Å²) in [7, 11) is 4.44. The molecule has 7 nitrogen and oxygen atoms in total. The zero-order chi connectivity index (χ0) is 30.7. The first-order chi connectivity index (χ1) is 21.4. The first-order valence-electron chi connectivity index (χ1n) is 14.2. The highest BCUT2D eigenvalue weighted by atomic mass is 19.1. The van der Waals surface area contributed by atoms with Gasteiger partial charge in [0.15, 0.2) is 28.8 Å². The highest BCUT2D eigenvalue weighted by molar-refractivity contribution is 6.32. The first kappa shape index (κ1) is 27.6. The van der Waals surface area contributed by atoms with Crippen LogP contribution in [0.3, 0.4) is 0 Å². The van der Waals surface area contributed by atoms with Crippen LogP contribution in [0.15, 0.2) is 91.0 Å². The third kappa shape index (κ3) is 3.57. The lowest BCUT2D eigenvalue weighted by atomic mass is 9.64. The summed E-state index contributed by atoms with van der Waals surface area (Å²) in [6.45, 7) is 0. The summed E-state index contributed by atoms with van der Waals surface area (Å²) in [6, 6.07) is 21.3. The SMILES string of the molecule is COc1ccc([C@H]2[C@H](C(=O)c3ccccc3)N3c4ccc(F)cc4C=C[C@H]3C23C(=O)c2ccccc2C3=O)c(OC)c1OC. The van der Waals surface area contributed by atoms with Crippen molar-refractivity contribution in [1.82, 2.24) is 0 Å². The van der Waals surface area contributed by atoms with E-state index < -0.39 is 29.2 Å². The molecular weight excluding hydrogens is 561 g/mol. The average Bonchev–Trinajstić information content (AvgIpc) is 3.49. The van der Waals surface area contributed by atoms with E-state index in [2.05, 4.69) is 0 Å². The van der Waals surface area contributed by atoms with E-state index in [1.807, 2.05) is 11.0 Å². The average molecular weight is 590 g/mol. The minimum Gasteiger partial charge on any atom is -0.493 e. The summed E-state index contributed by atoms with van der Waals surface area (Å²) in [5, 5.41) is 0. The van der Waals surface area contributed by atoms with Gasteiger partial charge in [0, 0.05) is 39.4 Å². The van der Waals surface area contributed by atoms with Crippen LogP contribution in [-0.2, 0) is 0 Å². The molecule has 0 radical (unpaired) electrons. The molecule has 2 heterocycles. The normalized spacial score (nSPS) is 20.7. The molecule has 4 aromatic rings. The Morgan fingerprint density at radius 1 is 0.795 bits per heavy atom. The van der Waals surface area contributed by atoms with Gasteiger partial charge in [-0.15, -0.1) is 0 Å². The quantitative estimate of drug-likeness (QED) is 0.197. The number of ether oxygens (including phenoxy) is 3. The maximum absolute atomic E-state index is 14.9. The zero-order valence-corrected chi connectivity index (χ0v) is 24.2. The van der Waals surface area contributed by atoms with Gasteiger partial charge in [-0.1, -0.05) is 72.8 Å². The van der Waals surface area contributed by atoms with Gasteiger partial charge >= 0.3 is 0 Å². The fraction of sp³-hybridized carbons (Fsp3) is 0.194. The van der Waals surface area contributed by atoms with Crippen LogP contribution in [0.1, 0.15) is 48.1 Å². The molecule has 7 rings (SSSR count). The molecule has 0 saturated carbocycles. The lowest BCUT2D eigenvalue weighted by Crippen LogP contribution is -2.48. The number of hydrogen-bond donors (Lipinski definition) is 0. The molecule has 0 aromatic heterocycles. The number of hydrogen-bond acceptors (Lipinski definition) is 7. The molecule has 3 aliphatic rings. The number of carbonyl (C=O) groups excluding carboxylic acids is 3. The molecule has 4 aromatic carbocycles. The third-order valence-corrected chi connectivity index (χ3v) is 9.16. The van der Waals surface area contributed by atoms with E-state index in [4.69, 9.17) is 14.2 Å². The molecule has 1 fully saturated rings. The van der Waals surface area contributed by atoms with Crippen LogP contribution in [-0.4, -0.2) is 50.8 Å². The maximum Gasteiger partial charge on any atom is 0.203 e. The molecule has 0 N–H and O–H groups in total. The van der Waals surface area contributed by atoms with Crippen LogP contribution in [0, 0.1) is 11.2 Å². The number of anilines is 1. The second-order valence-electron chi connectivity index (χ2n) is 11.1. The maximum atomic E-state index is 14.9. The molecule has 0 amide bonds. The minimum atomic E-state index is -1.76. The van der Waals surface area contributed by atoms with Gasteiger partial charge in [0.1, 0.15) is 17.3 Å². The van der Waals surface area contributed by atoms with Crippen molar-refractivity contribution >= 4 is 29.1 Å². The van der Waals surface area contributed by atoms with E-state index in [-0.39, 0.29) is 28.8 Å². The van der Waals surface area contributed by atoms with Gasteiger partial charge in [0.25, 0.3) is 0 Å². The molecule has 0 unspecified atom stereocenters. The Morgan fingerprint density at radius 3 is 2.09 bits per heavy atom. The number of rotatable bonds is 6. The molecule has 3 atom stereocenters. The smallest absolute Gasteiger partial charge is 0.203 e. The monoisotopic (exact) mass is 589 g/mol. The summed E-state index contributed by atoms with van der Waals surface area (Å²) in [4.78, 5) is 46.4. The van der Waals surface area contributed by atoms with E-state index in [0.717, 1.165) is 0 Å². The van der Waals surface area contributed by atoms with Gasteiger partial charge in [-0.2, -0.15) is 0 Å². The van der Waals surface area contributed by atoms with Gasteiger partial charge in [-0.3, -0.25) is 14.4 Å². The van der Waals surface area contributed by atoms with E-state index in [9.17, 15) is 18.8 Å². The molecule has 0 bridgehead atoms. The fourth-order valence-corrected chi connectivity index (χ4v) is 7.43. The second-order valence-corrected chi connectivity index (χ2v) is 11.1. The minimum absolute atomic E-state index is 0.252. The third-order valence-electron chi connectivity index (χ3n) is 9.16. The number of ketones is 3. The van der Waals surface area contributed by atoms with E-state index in [1.54, 1.807) is 78.9 Å². The Morgan fingerprint density at radius 2 is 1.45 bits per heavy atom. The van der Waals surface area contributed by atoms with Crippen molar-refractivity contribution in [3.63, 3.8) is 0 Å². The van der Waals surface area contributed by atoms with Crippen molar-refractivity contribution in [3.05, 3.63) is 125 Å². The Bertz CT molecular complexity index is 1850. The summed E-state index contributed by atoms with van der Waals surface area (Å²) >= 11 is 0. The topological polar surface area (TPSA) is 82.1 Å². The number of carbonyl (C=O) groups is 3. The number of nitrogens with zero attached hydrogens (tertiary/aromatic N) is 1. The highest BCUT2D eigenvalue weighted by Gasteiger charge is 2.72. The lowest BCUT2D eigenvalue weighted by molar-refractivity contribution is 0.0664. The van der Waals surface area contributed by atoms with Gasteiger partial charge in [0.2, 0.25) is 5.75 Å². The molecular formula is C36H28FNO6. The van der Waals surface area contributed by atoms with Crippen LogP contribution in [0.5, 0.6) is 17.2 Å². The Labute approximate surface area is 253 Å². The fourth-order valence-electron chi connectivity index (χ4n) is 7.43. The predicted molar refractivity (Wildman–Crippen MR) is 163 cm³/mol. The van der Waals surface area contributed by atoms with Crippen LogP contribution >= 0.6 is 0 Å². The van der Waals surface area contributed by atoms with Gasteiger partial charge in [0.05, 0.1) is 27.4 Å². The second kappa shape index (κ2) is 10.2. The Balaban J connectivity index is 1.60. The summed E-state index contributed by atoms with van der Waals surface area (Å²) < 4.78 is 31.7. The zero-order valence-electron chi connectivity index (χ0n) is 24.2. The number of methoxy groups -OCH3 is 3. The van der Waals surface area contributed by atoms with Crippen molar-refractivity contribution in [2.75, 3.05) is 26.2 Å². The number of fused-ring (bicyclic) bond motifs is 5. The highest BCUT2D eigenvalue weighted by Crippen LogP contribution is 2.63. The number of benzene rings is 4. The predicted octanol–water partition coefficient (Wildman–Crippen LogP) is 6.17. The van der Waals surface area contributed by atoms with Crippen LogP contribution in [0.25, 0.3) is 6.08 Å². The first-order valence-corrected chi connectivity index (χ1v) is 14.2. The van der Waals surface area contributed by atoms with Crippen LogP contribution in [0.2, 0.25) is 0 Å². The number of Topliss-reactive ketones (excluding diaryl/α,β-unsaturated/α-hetero) is 3. The van der Waals surface area contributed by atoms with Gasteiger partial charge in [-0.25, -0.2) is 4.39 Å². The number of halogens is 1. The standard InChI is InChI=1S/C36H28FNO6/c1-42-27-17-15-25(32(43-2)33(27)44-3)29-30(31(39)20-9-5-4-6-10-20)38-26-16-14-22(37)19-21(26)13-18-28(38)36(29)34(40)23-11-7-8-12-24(23)35(36)41/h4-19,28-30H,1-3H3/t28-,29-,30+/m0/s1. The summed E-state index contributed by atoms with van der Waals surface area (Å²) in [6.07, 6.45) is 3.48. The van der Waals surface area contributed by atoms with Crippen molar-refractivity contribution < 1.29 is 33.0 Å². The summed E-state index contributed by atoms with van der Waals surface area (Å²) in [5.74, 6) is -1.63. The van der Waals surface area contributed by atoms with Crippen molar-refractivity contribution in [2.45, 2.75) is 18.0 Å². The van der Waals surface area contributed by atoms with Crippen LogP contribution < -0.4 is 19.1 Å². The van der Waals surface area contributed by atoms with E-state index in [1.165, 1.54) is 33.5 Å². The Kier molecular flexibility index (Phi) is 6.39. The molecule has 1 aliphatic carbocycles. The van der Waals surface area contributed by atoms with Crippen molar-refractivity contribution in [2.24, 2.45) is 5.41 Å². The molecule has 1 saturated heterocycles. The largest absolute Gasteiger partial charge is 0.493 e. The van der Waals surface area contributed by atoms with E-state index >= 15 is 0 Å². The molecule has 1 spiro atoms. The summed E-state index contributed by atoms with van der Waals surface area (Å²) in [5.41, 5.74) is 0.783. The van der Waals surface area contributed by atoms with Gasteiger partial charge in [-0.05, 0) is 24.3 Å². The molecule has 220 valence electrons. The van der Waals surface area contributed by atoms with Crippen molar-refractivity contribution in [3.8, 4) is 17.2 Å². The molecule has 44 heavy (non-hydrogen) atoms. The Hall–Kier alpha value is -5.24. The molecule has 2 aliphatic heterocycles. The molecule has 8 heteroatoms.